The van der Waals surface area contributed by atoms with Crippen molar-refractivity contribution < 1.29 is 9.53 Å². The van der Waals surface area contributed by atoms with Crippen LogP contribution in [-0.4, -0.2) is 13.1 Å². The summed E-state index contributed by atoms with van der Waals surface area (Å²) in [5.74, 6) is 0. The highest BCUT2D eigenvalue weighted by Gasteiger charge is 2.15. The zero-order valence-corrected chi connectivity index (χ0v) is 6.49. The van der Waals surface area contributed by atoms with Gasteiger partial charge in [-0.3, -0.25) is 4.79 Å². The first-order valence-electron chi connectivity index (χ1n) is 3.77. The Morgan fingerprint density at radius 1 is 1.33 bits per heavy atom. The lowest BCUT2D eigenvalue weighted by Gasteiger charge is -2.02. The molecule has 0 aromatic carbocycles. The molecule has 12 heavy (non-hydrogen) atoms. The maximum atomic E-state index is 9.95. The van der Waals surface area contributed by atoms with Crippen molar-refractivity contribution in [1.82, 2.24) is 0 Å². The molecule has 60 valence electrons. The van der Waals surface area contributed by atoms with E-state index in [1.807, 2.05) is 30.4 Å². The van der Waals surface area contributed by atoms with Crippen LogP contribution in [0.15, 0.2) is 47.1 Å². The van der Waals surface area contributed by atoms with Crippen molar-refractivity contribution in [2.75, 3.05) is 6.61 Å². The molecule has 2 nitrogen and oxygen atoms in total. The normalized spacial score (nSPS) is 18.2. The lowest BCUT2D eigenvalue weighted by Crippen LogP contribution is -1.96. The van der Waals surface area contributed by atoms with E-state index in [2.05, 4.69) is 4.74 Å². The van der Waals surface area contributed by atoms with Crippen LogP contribution in [0.1, 0.15) is 0 Å². The molecule has 0 saturated carbocycles. The highest BCUT2D eigenvalue weighted by molar-refractivity contribution is 5.64. The van der Waals surface area contributed by atoms with Crippen LogP contribution in [0.25, 0.3) is 0 Å². The molecule has 0 aliphatic heterocycles. The number of hydrogen-bond acceptors (Lipinski definition) is 2. The van der Waals surface area contributed by atoms with Crippen LogP contribution in [0.3, 0.4) is 0 Å². The van der Waals surface area contributed by atoms with Gasteiger partial charge in [-0.15, -0.1) is 0 Å². The number of fused-ring (bicyclic) bond motifs is 1. The lowest BCUT2D eigenvalue weighted by molar-refractivity contribution is -0.127. The van der Waals surface area contributed by atoms with Crippen molar-refractivity contribution in [2.24, 2.45) is 0 Å². The molecule has 2 rings (SSSR count). The summed E-state index contributed by atoms with van der Waals surface area (Å²) in [5, 5.41) is 0. The molecule has 0 unspecified atom stereocenters. The molecular weight excluding hydrogens is 152 g/mol. The Morgan fingerprint density at radius 2 is 2.25 bits per heavy atom. The van der Waals surface area contributed by atoms with Crippen molar-refractivity contribution in [3.8, 4) is 0 Å². The van der Waals surface area contributed by atoms with Crippen molar-refractivity contribution in [3.05, 3.63) is 47.1 Å². The molecule has 2 aliphatic carbocycles. The topological polar surface area (TPSA) is 26.3 Å². The number of carbonyl (C=O) groups is 1. The van der Waals surface area contributed by atoms with Gasteiger partial charge < -0.3 is 4.74 Å². The average Bonchev–Trinajstić information content (AvgIpc) is 2.62. The van der Waals surface area contributed by atoms with Gasteiger partial charge in [0.15, 0.2) is 0 Å². The van der Waals surface area contributed by atoms with Gasteiger partial charge in [0.2, 0.25) is 0 Å². The van der Waals surface area contributed by atoms with Gasteiger partial charge in [-0.1, -0.05) is 30.4 Å². The Kier molecular flexibility index (Phi) is 1.67. The quantitative estimate of drug-likeness (QED) is 0.585. The van der Waals surface area contributed by atoms with Crippen LogP contribution in [0.4, 0.5) is 0 Å². The molecule has 0 heterocycles. The van der Waals surface area contributed by atoms with Crippen molar-refractivity contribution in [2.45, 2.75) is 0 Å². The molecule has 0 radical (unpaired) electrons. The Bertz CT molecular complexity index is 330. The minimum atomic E-state index is 0.372. The third kappa shape index (κ3) is 1.01. The minimum Gasteiger partial charge on any atom is -0.463 e. The number of allylic oxidation sites excluding steroid dienone is 6. The Hall–Kier alpha value is -1.57. The van der Waals surface area contributed by atoms with E-state index < -0.39 is 0 Å². The molecule has 0 aromatic heterocycles. The van der Waals surface area contributed by atoms with Gasteiger partial charge in [-0.2, -0.15) is 0 Å². The Labute approximate surface area is 70.5 Å². The SMILES string of the molecule is O=COCC1=CC=C2C=CC=C21. The van der Waals surface area contributed by atoms with E-state index in [-0.39, 0.29) is 0 Å². The second kappa shape index (κ2) is 2.81. The molecule has 0 spiro atoms. The van der Waals surface area contributed by atoms with Gasteiger partial charge in [-0.25, -0.2) is 0 Å². The van der Waals surface area contributed by atoms with E-state index in [0.717, 1.165) is 5.57 Å². The molecule has 0 fully saturated rings. The van der Waals surface area contributed by atoms with Crippen LogP contribution in [-0.2, 0) is 9.53 Å². The van der Waals surface area contributed by atoms with Gasteiger partial charge in [-0.05, 0) is 16.7 Å². The third-order valence-electron chi connectivity index (χ3n) is 1.97. The van der Waals surface area contributed by atoms with Gasteiger partial charge in [0.1, 0.15) is 6.61 Å². The predicted octanol–water partition coefficient (Wildman–Crippen LogP) is 1.52. The molecule has 2 aliphatic rings. The maximum absolute atomic E-state index is 9.95. The maximum Gasteiger partial charge on any atom is 0.293 e. The Morgan fingerprint density at radius 3 is 3.08 bits per heavy atom. The smallest absolute Gasteiger partial charge is 0.293 e. The molecule has 0 bridgehead atoms. The molecule has 2 heteroatoms. The largest absolute Gasteiger partial charge is 0.463 e. The first-order chi connectivity index (χ1) is 5.92. The van der Waals surface area contributed by atoms with Crippen molar-refractivity contribution in [3.63, 3.8) is 0 Å². The molecular formula is C10H8O2. The minimum absolute atomic E-state index is 0.372. The number of ether oxygens (including phenoxy) is 1. The summed E-state index contributed by atoms with van der Waals surface area (Å²) >= 11 is 0. The second-order valence-electron chi connectivity index (χ2n) is 2.66. The van der Waals surface area contributed by atoms with Crippen LogP contribution >= 0.6 is 0 Å². The van der Waals surface area contributed by atoms with Crippen LogP contribution in [0.5, 0.6) is 0 Å². The molecule has 0 aromatic rings. The van der Waals surface area contributed by atoms with Gasteiger partial charge >= 0.3 is 0 Å². The second-order valence-corrected chi connectivity index (χ2v) is 2.66. The first kappa shape index (κ1) is 7.10. The van der Waals surface area contributed by atoms with E-state index in [0.29, 0.717) is 13.1 Å². The lowest BCUT2D eigenvalue weighted by atomic mass is 10.1. The molecule has 0 saturated heterocycles. The zero-order chi connectivity index (χ0) is 8.39. The molecule has 0 N–H and O–H groups in total. The highest BCUT2D eigenvalue weighted by atomic mass is 16.5. The predicted molar refractivity (Wildman–Crippen MR) is 45.4 cm³/mol. The summed E-state index contributed by atoms with van der Waals surface area (Å²) in [5.41, 5.74) is 3.46. The van der Waals surface area contributed by atoms with E-state index >= 15 is 0 Å². The van der Waals surface area contributed by atoms with E-state index in [9.17, 15) is 4.79 Å². The summed E-state index contributed by atoms with van der Waals surface area (Å²) in [6, 6.07) is 0. The fraction of sp³-hybridized carbons (Fsp3) is 0.100. The summed E-state index contributed by atoms with van der Waals surface area (Å²) in [7, 11) is 0. The van der Waals surface area contributed by atoms with Gasteiger partial charge in [0, 0.05) is 0 Å². The van der Waals surface area contributed by atoms with Gasteiger partial charge in [0.25, 0.3) is 6.47 Å². The summed E-state index contributed by atoms with van der Waals surface area (Å²) in [6.07, 6.45) is 10.1. The number of carbonyl (C=O) groups excluding carboxylic acids is 1. The van der Waals surface area contributed by atoms with E-state index in [1.165, 1.54) is 11.1 Å². The standard InChI is InChI=1S/C10H8O2/c11-7-12-6-9-5-4-8-2-1-3-10(8)9/h1-5,7H,6H2. The van der Waals surface area contributed by atoms with Crippen LogP contribution in [0.2, 0.25) is 0 Å². The van der Waals surface area contributed by atoms with E-state index in [4.69, 9.17) is 0 Å². The fourth-order valence-corrected chi connectivity index (χ4v) is 1.40. The third-order valence-corrected chi connectivity index (χ3v) is 1.97. The molecule has 0 atom stereocenters. The summed E-state index contributed by atoms with van der Waals surface area (Å²) < 4.78 is 4.67. The monoisotopic (exact) mass is 160 g/mol. The summed E-state index contributed by atoms with van der Waals surface area (Å²) in [6.45, 7) is 0.846. The number of hydrogen-bond donors (Lipinski definition) is 0. The zero-order valence-electron chi connectivity index (χ0n) is 6.49. The van der Waals surface area contributed by atoms with Gasteiger partial charge in [0.05, 0.1) is 0 Å². The average molecular weight is 160 g/mol. The summed E-state index contributed by atoms with van der Waals surface area (Å²) in [4.78, 5) is 9.95. The van der Waals surface area contributed by atoms with Crippen LogP contribution in [0, 0.1) is 0 Å². The highest BCUT2D eigenvalue weighted by Crippen LogP contribution is 2.30. The fourth-order valence-electron chi connectivity index (χ4n) is 1.40. The molecule has 0 amide bonds. The Balaban J connectivity index is 2.09. The first-order valence-corrected chi connectivity index (χ1v) is 3.77. The van der Waals surface area contributed by atoms with E-state index in [1.54, 1.807) is 0 Å². The van der Waals surface area contributed by atoms with Crippen LogP contribution < -0.4 is 0 Å². The van der Waals surface area contributed by atoms with Crippen molar-refractivity contribution in [1.29, 1.82) is 0 Å². The van der Waals surface area contributed by atoms with Crippen molar-refractivity contribution >= 4 is 6.47 Å². The number of rotatable bonds is 3.